The van der Waals surface area contributed by atoms with Crippen LogP contribution in [0.2, 0.25) is 0 Å². The Labute approximate surface area is 185 Å². The van der Waals surface area contributed by atoms with Crippen LogP contribution < -0.4 is 5.32 Å². The third-order valence-electron chi connectivity index (χ3n) is 5.50. The zero-order valence-corrected chi connectivity index (χ0v) is 17.7. The number of tetrazole rings is 1. The number of aliphatic imine (C=N–C) groups is 1. The number of hydrogen-bond donors (Lipinski definition) is 2. The van der Waals surface area contributed by atoms with Gasteiger partial charge in [0.1, 0.15) is 16.9 Å². The van der Waals surface area contributed by atoms with E-state index in [0.717, 1.165) is 24.8 Å². The number of nitrogens with one attached hydrogen (secondary N) is 2. The van der Waals surface area contributed by atoms with Crippen molar-refractivity contribution in [3.05, 3.63) is 30.1 Å². The van der Waals surface area contributed by atoms with Crippen LogP contribution in [0.1, 0.15) is 25.3 Å². The third kappa shape index (κ3) is 4.06. The van der Waals surface area contributed by atoms with Crippen LogP contribution in [-0.4, -0.2) is 58.4 Å². The second-order valence-electron chi connectivity index (χ2n) is 7.85. The van der Waals surface area contributed by atoms with E-state index in [1.54, 1.807) is 19.2 Å². The Bertz CT molecular complexity index is 1340. The normalized spacial score (nSPS) is 18.3. The molecule has 13 heteroatoms. The van der Waals surface area contributed by atoms with Gasteiger partial charge in [0.2, 0.25) is 5.95 Å². The van der Waals surface area contributed by atoms with Crippen molar-refractivity contribution in [1.82, 2.24) is 45.5 Å². The smallest absolute Gasteiger partial charge is 0.345 e. The summed E-state index contributed by atoms with van der Waals surface area (Å²) >= 11 is 0. The molecule has 0 saturated carbocycles. The molecule has 33 heavy (non-hydrogen) atoms. The van der Waals surface area contributed by atoms with E-state index in [9.17, 15) is 13.2 Å². The fraction of sp³-hybridized carbons (Fsp3) is 0.350. The van der Waals surface area contributed by atoms with E-state index in [1.807, 2.05) is 0 Å². The molecule has 1 fully saturated rings. The number of rotatable bonds is 3. The van der Waals surface area contributed by atoms with Gasteiger partial charge in [0.25, 0.3) is 0 Å². The molecule has 5 rings (SSSR count). The van der Waals surface area contributed by atoms with Crippen LogP contribution in [0.15, 0.2) is 29.5 Å². The summed E-state index contributed by atoms with van der Waals surface area (Å²) < 4.78 is 42.8. The SMILES string of the molecule is C[C@@H]1CCC(=Nc2ncc(C(F)(F)F)c(-c3c[nH]c4nc(-c5nnnn5C)ccc34)n2)CN1. The maximum atomic E-state index is 13.8. The third-order valence-corrected chi connectivity index (χ3v) is 5.50. The molecular formula is C20H19F3N10. The topological polar surface area (TPSA) is 122 Å². The molecule has 5 heterocycles. The largest absolute Gasteiger partial charge is 0.419 e. The Morgan fingerprint density at radius 1 is 1.21 bits per heavy atom. The highest BCUT2D eigenvalue weighted by molar-refractivity contribution is 5.94. The van der Waals surface area contributed by atoms with Crippen molar-refractivity contribution in [3.63, 3.8) is 0 Å². The highest BCUT2D eigenvalue weighted by Gasteiger charge is 2.36. The molecule has 2 N–H and O–H groups in total. The summed E-state index contributed by atoms with van der Waals surface area (Å²) in [7, 11) is 1.67. The molecule has 0 aromatic carbocycles. The number of piperidine rings is 1. The Hall–Kier alpha value is -3.74. The monoisotopic (exact) mass is 456 g/mol. The van der Waals surface area contributed by atoms with Gasteiger partial charge in [0.15, 0.2) is 5.82 Å². The Morgan fingerprint density at radius 2 is 2.06 bits per heavy atom. The van der Waals surface area contributed by atoms with E-state index in [0.29, 0.717) is 35.1 Å². The van der Waals surface area contributed by atoms with Crippen LogP contribution in [0.25, 0.3) is 33.8 Å². The quantitative estimate of drug-likeness (QED) is 0.486. The molecule has 0 aliphatic carbocycles. The number of halogens is 3. The van der Waals surface area contributed by atoms with Crippen molar-refractivity contribution in [2.75, 3.05) is 6.54 Å². The number of alkyl halides is 3. The lowest BCUT2D eigenvalue weighted by molar-refractivity contribution is -0.137. The number of aryl methyl sites for hydroxylation is 1. The molecule has 0 radical (unpaired) electrons. The van der Waals surface area contributed by atoms with Crippen molar-refractivity contribution >= 4 is 22.7 Å². The van der Waals surface area contributed by atoms with Crippen LogP contribution in [0.3, 0.4) is 0 Å². The maximum Gasteiger partial charge on any atom is 0.419 e. The summed E-state index contributed by atoms with van der Waals surface area (Å²) in [6, 6.07) is 3.68. The van der Waals surface area contributed by atoms with E-state index >= 15 is 0 Å². The summed E-state index contributed by atoms with van der Waals surface area (Å²) in [5.41, 5.74) is 0.733. The van der Waals surface area contributed by atoms with Gasteiger partial charge in [0.05, 0.1) is 5.69 Å². The highest BCUT2D eigenvalue weighted by Crippen LogP contribution is 2.39. The highest BCUT2D eigenvalue weighted by atomic mass is 19.4. The molecular weight excluding hydrogens is 437 g/mol. The molecule has 0 unspecified atom stereocenters. The lowest BCUT2D eigenvalue weighted by Gasteiger charge is -2.20. The van der Waals surface area contributed by atoms with Crippen molar-refractivity contribution < 1.29 is 13.2 Å². The fourth-order valence-electron chi connectivity index (χ4n) is 3.71. The van der Waals surface area contributed by atoms with Gasteiger partial charge in [-0.1, -0.05) is 0 Å². The summed E-state index contributed by atoms with van der Waals surface area (Å²) in [5, 5.41) is 15.0. The van der Waals surface area contributed by atoms with Crippen LogP contribution in [-0.2, 0) is 13.2 Å². The van der Waals surface area contributed by atoms with Crippen LogP contribution in [0.4, 0.5) is 19.1 Å². The van der Waals surface area contributed by atoms with Crippen LogP contribution in [0, 0.1) is 0 Å². The molecule has 1 saturated heterocycles. The first-order chi connectivity index (χ1) is 15.8. The van der Waals surface area contributed by atoms with Crippen molar-refractivity contribution in [3.8, 4) is 22.8 Å². The van der Waals surface area contributed by atoms with Gasteiger partial charge in [-0.05, 0) is 42.3 Å². The predicted octanol–water partition coefficient (Wildman–Crippen LogP) is 3.07. The fourth-order valence-corrected chi connectivity index (χ4v) is 3.71. The summed E-state index contributed by atoms with van der Waals surface area (Å²) in [5.74, 6) is 0.424. The minimum Gasteiger partial charge on any atom is -0.345 e. The van der Waals surface area contributed by atoms with E-state index < -0.39 is 11.7 Å². The Morgan fingerprint density at radius 3 is 2.76 bits per heavy atom. The number of hydrogen-bond acceptors (Lipinski definition) is 8. The average Bonchev–Trinajstić information content (AvgIpc) is 3.40. The lowest BCUT2D eigenvalue weighted by Crippen LogP contribution is -2.37. The molecule has 1 aliphatic rings. The zero-order valence-electron chi connectivity index (χ0n) is 17.7. The zero-order chi connectivity index (χ0) is 23.2. The molecule has 10 nitrogen and oxygen atoms in total. The average molecular weight is 456 g/mol. The van der Waals surface area contributed by atoms with Gasteiger partial charge in [-0.25, -0.2) is 24.6 Å². The first kappa shape index (κ1) is 21.1. The first-order valence-corrected chi connectivity index (χ1v) is 10.2. The molecule has 170 valence electrons. The number of aromatic nitrogens is 8. The van der Waals surface area contributed by atoms with Crippen molar-refractivity contribution in [1.29, 1.82) is 0 Å². The van der Waals surface area contributed by atoms with E-state index in [4.69, 9.17) is 0 Å². The number of aromatic amines is 1. The summed E-state index contributed by atoms with van der Waals surface area (Å²) in [6.07, 6.45) is -0.764. The number of pyridine rings is 1. The molecule has 0 amide bonds. The summed E-state index contributed by atoms with van der Waals surface area (Å²) in [6.45, 7) is 2.62. The second-order valence-corrected chi connectivity index (χ2v) is 7.85. The van der Waals surface area contributed by atoms with Gasteiger partial charge in [-0.3, -0.25) is 0 Å². The van der Waals surface area contributed by atoms with Gasteiger partial charge in [-0.2, -0.15) is 13.2 Å². The molecule has 4 aromatic heterocycles. The second kappa shape index (κ2) is 7.99. The van der Waals surface area contributed by atoms with E-state index in [1.165, 1.54) is 10.9 Å². The van der Waals surface area contributed by atoms with E-state index in [-0.39, 0.29) is 17.2 Å². The van der Waals surface area contributed by atoms with Gasteiger partial charge in [0, 0.05) is 48.7 Å². The summed E-state index contributed by atoms with van der Waals surface area (Å²) in [4.78, 5) is 19.9. The van der Waals surface area contributed by atoms with Crippen LogP contribution >= 0.6 is 0 Å². The maximum absolute atomic E-state index is 13.8. The van der Waals surface area contributed by atoms with E-state index in [2.05, 4.69) is 52.7 Å². The van der Waals surface area contributed by atoms with Gasteiger partial charge < -0.3 is 10.3 Å². The van der Waals surface area contributed by atoms with Gasteiger partial charge in [-0.15, -0.1) is 5.10 Å². The minimum atomic E-state index is -4.63. The standard InChI is InChI=1S/C20H19F3N10/c1-10-3-4-11(7-24-10)27-19-26-9-14(20(21,22)23)16(29-19)13-8-25-17-12(13)5-6-15(28-17)18-30-31-32-33(18)2/h5-6,8-10,24H,3-4,7H2,1-2H3,(H,25,28)/t10-/m1/s1. The molecule has 1 atom stereocenters. The van der Waals surface area contributed by atoms with Crippen LogP contribution in [0.5, 0.6) is 0 Å². The first-order valence-electron chi connectivity index (χ1n) is 10.2. The molecule has 0 spiro atoms. The minimum absolute atomic E-state index is 0.00607. The Kier molecular flexibility index (Phi) is 5.12. The number of nitrogens with zero attached hydrogens (tertiary/aromatic N) is 8. The van der Waals surface area contributed by atoms with Crippen molar-refractivity contribution in [2.24, 2.45) is 12.0 Å². The number of fused-ring (bicyclic) bond motifs is 1. The molecule has 1 aliphatic heterocycles. The predicted molar refractivity (Wildman–Crippen MR) is 114 cm³/mol. The van der Waals surface area contributed by atoms with Gasteiger partial charge >= 0.3 is 6.18 Å². The Balaban J connectivity index is 1.59. The lowest BCUT2D eigenvalue weighted by atomic mass is 10.1. The number of H-pyrrole nitrogens is 1. The molecule has 4 aromatic rings. The molecule has 0 bridgehead atoms. The van der Waals surface area contributed by atoms with Crippen molar-refractivity contribution in [2.45, 2.75) is 32.0 Å².